The van der Waals surface area contributed by atoms with Crippen LogP contribution in [0.25, 0.3) is 0 Å². The summed E-state index contributed by atoms with van der Waals surface area (Å²) in [5.41, 5.74) is 10.7. The van der Waals surface area contributed by atoms with E-state index in [2.05, 4.69) is 250 Å². The van der Waals surface area contributed by atoms with Gasteiger partial charge in [0.25, 0.3) is 0 Å². The van der Waals surface area contributed by atoms with E-state index in [1.807, 2.05) is 0 Å². The summed E-state index contributed by atoms with van der Waals surface area (Å²) < 4.78 is 12.1. The van der Waals surface area contributed by atoms with E-state index in [-0.39, 0.29) is 15.4 Å². The Balaban J connectivity index is 0.000000152. The van der Waals surface area contributed by atoms with Crippen LogP contribution in [0.2, 0.25) is 0 Å². The summed E-state index contributed by atoms with van der Waals surface area (Å²) in [5, 5.41) is 0. The molecule has 0 N–H and O–H groups in total. The third-order valence-electron chi connectivity index (χ3n) is 10.4. The predicted molar refractivity (Wildman–Crippen MR) is 264 cm³/mol. The van der Waals surface area contributed by atoms with Gasteiger partial charge in [-0.15, -0.1) is 0 Å². The van der Waals surface area contributed by atoms with E-state index in [1.165, 1.54) is 79.7 Å². The number of aryl methyl sites for hydroxylation is 8. The van der Waals surface area contributed by atoms with Crippen molar-refractivity contribution in [3.63, 3.8) is 0 Å². The normalized spacial score (nSPS) is 10.7. The standard InChI is InChI=1S/2C21H21Ge.C14H14Ge/c2*1-16-4-10-19(11-5-16)22(20-12-6-17(2)7-13-20)21-14-8-18(3)9-15-21;1-11-3-7-13(8-4-11)15-14-9-5-12(2)6-10-14/h2*4-15H,1-3H3;3-10H,1-2H3. The molecule has 3 heteroatoms. The van der Waals surface area contributed by atoms with Crippen LogP contribution in [0.4, 0.5) is 0 Å². The molecule has 4 radical (unpaired) electrons. The van der Waals surface area contributed by atoms with E-state index in [1.54, 1.807) is 0 Å². The van der Waals surface area contributed by atoms with Crippen molar-refractivity contribution in [2.75, 3.05) is 0 Å². The minimum atomic E-state index is -1.70. The molecule has 0 aromatic heterocycles. The van der Waals surface area contributed by atoms with Crippen LogP contribution in [-0.4, -0.2) is 44.1 Å². The van der Waals surface area contributed by atoms with Crippen molar-refractivity contribution in [3.05, 3.63) is 239 Å². The molecule has 0 unspecified atom stereocenters. The van der Waals surface area contributed by atoms with Crippen LogP contribution in [-0.2, 0) is 0 Å². The van der Waals surface area contributed by atoms with E-state index in [0.29, 0.717) is 0 Å². The summed E-state index contributed by atoms with van der Waals surface area (Å²) >= 11 is -3.54. The average molecular weight is 947 g/mol. The van der Waals surface area contributed by atoms with E-state index in [9.17, 15) is 0 Å². The molecule has 0 amide bonds. The number of hydrogen-bond acceptors (Lipinski definition) is 0. The Morgan fingerprint density at radius 3 is 0.492 bits per heavy atom. The Morgan fingerprint density at radius 2 is 0.339 bits per heavy atom. The van der Waals surface area contributed by atoms with Gasteiger partial charge in [0.1, 0.15) is 0 Å². The van der Waals surface area contributed by atoms with Crippen LogP contribution in [0.3, 0.4) is 0 Å². The van der Waals surface area contributed by atoms with Gasteiger partial charge in [0.05, 0.1) is 0 Å². The Kier molecular flexibility index (Phi) is 16.1. The van der Waals surface area contributed by atoms with Gasteiger partial charge in [-0.25, -0.2) is 0 Å². The Labute approximate surface area is 370 Å². The first kappa shape index (κ1) is 44.0. The van der Waals surface area contributed by atoms with Crippen molar-refractivity contribution in [2.45, 2.75) is 55.4 Å². The average Bonchev–Trinajstić information content (AvgIpc) is 3.24. The molecule has 0 saturated carbocycles. The maximum absolute atomic E-state index is 2.32. The van der Waals surface area contributed by atoms with Gasteiger partial charge in [0.2, 0.25) is 0 Å². The zero-order valence-corrected chi connectivity index (χ0v) is 42.3. The van der Waals surface area contributed by atoms with Crippen LogP contribution in [0.5, 0.6) is 0 Å². The molecule has 0 spiro atoms. The summed E-state index contributed by atoms with van der Waals surface area (Å²) in [4.78, 5) is 0. The van der Waals surface area contributed by atoms with Crippen molar-refractivity contribution < 1.29 is 0 Å². The third-order valence-corrected chi connectivity index (χ3v) is 24.5. The van der Waals surface area contributed by atoms with E-state index < -0.39 is 28.7 Å². The Morgan fingerprint density at radius 1 is 0.203 bits per heavy atom. The number of rotatable bonds is 8. The molecule has 0 aliphatic heterocycles. The van der Waals surface area contributed by atoms with Crippen LogP contribution in [0, 0.1) is 55.4 Å². The quantitative estimate of drug-likeness (QED) is 0.135. The van der Waals surface area contributed by atoms with Gasteiger partial charge in [-0.3, -0.25) is 0 Å². The fourth-order valence-corrected chi connectivity index (χ4v) is 19.4. The van der Waals surface area contributed by atoms with Gasteiger partial charge < -0.3 is 0 Å². The molecule has 292 valence electrons. The van der Waals surface area contributed by atoms with Crippen LogP contribution >= 0.6 is 0 Å². The van der Waals surface area contributed by atoms with Gasteiger partial charge >= 0.3 is 373 Å². The second-order valence-electron chi connectivity index (χ2n) is 15.8. The van der Waals surface area contributed by atoms with E-state index in [0.717, 1.165) is 0 Å². The summed E-state index contributed by atoms with van der Waals surface area (Å²) in [6, 6.07) is 72.6. The first-order chi connectivity index (χ1) is 28.5. The van der Waals surface area contributed by atoms with Crippen molar-refractivity contribution in [2.24, 2.45) is 0 Å². The summed E-state index contributed by atoms with van der Waals surface area (Å²) in [6.07, 6.45) is 0. The molecule has 0 fully saturated rings. The van der Waals surface area contributed by atoms with Crippen LogP contribution in [0.15, 0.2) is 194 Å². The maximum atomic E-state index is 2.32. The fourth-order valence-electron chi connectivity index (χ4n) is 6.76. The van der Waals surface area contributed by atoms with Gasteiger partial charge in [-0.1, -0.05) is 0 Å². The second kappa shape index (κ2) is 21.6. The number of hydrogen-bond donors (Lipinski definition) is 0. The molecule has 0 aliphatic carbocycles. The van der Waals surface area contributed by atoms with Crippen LogP contribution < -0.4 is 35.2 Å². The SMILES string of the molecule is Cc1cc[c]([Ge]([c]2ccc(C)cc2)[c]2ccc(C)cc2)cc1.Cc1cc[c]([Ge]([c]2ccc(C)cc2)[c]2ccc(C)cc2)cc1.Cc1cc[c]([Ge][c]2ccc(C)cc2)cc1. The summed E-state index contributed by atoms with van der Waals surface area (Å²) in [7, 11) is 0. The summed E-state index contributed by atoms with van der Waals surface area (Å²) in [6.45, 7) is 17.2. The van der Waals surface area contributed by atoms with Crippen molar-refractivity contribution in [1.29, 1.82) is 0 Å². The first-order valence-electron chi connectivity index (χ1n) is 20.6. The zero-order valence-electron chi connectivity index (χ0n) is 36.0. The summed E-state index contributed by atoms with van der Waals surface area (Å²) in [5.74, 6) is 0. The predicted octanol–water partition coefficient (Wildman–Crippen LogP) is 8.21. The monoisotopic (exact) mass is 950 g/mol. The fraction of sp³-hybridized carbons (Fsp3) is 0.143. The van der Waals surface area contributed by atoms with Gasteiger partial charge in [-0.05, 0) is 0 Å². The van der Waals surface area contributed by atoms with E-state index in [4.69, 9.17) is 0 Å². The molecule has 59 heavy (non-hydrogen) atoms. The second-order valence-corrected chi connectivity index (χ2v) is 29.2. The van der Waals surface area contributed by atoms with Crippen molar-refractivity contribution in [1.82, 2.24) is 0 Å². The molecule has 8 rings (SSSR count). The molecular weight excluding hydrogens is 890 g/mol. The molecular formula is C56H56Ge3. The third kappa shape index (κ3) is 13.2. The molecule has 0 nitrogen and oxygen atoms in total. The molecule has 0 bridgehead atoms. The van der Waals surface area contributed by atoms with Crippen molar-refractivity contribution >= 4 is 79.3 Å². The zero-order chi connectivity index (χ0) is 41.7. The van der Waals surface area contributed by atoms with E-state index >= 15 is 0 Å². The first-order valence-corrected chi connectivity index (χ1v) is 29.0. The van der Waals surface area contributed by atoms with Crippen molar-refractivity contribution in [3.8, 4) is 0 Å². The van der Waals surface area contributed by atoms with Gasteiger partial charge in [-0.2, -0.15) is 0 Å². The Bertz CT molecular complexity index is 2070. The van der Waals surface area contributed by atoms with Gasteiger partial charge in [0, 0.05) is 0 Å². The molecule has 0 aliphatic rings. The topological polar surface area (TPSA) is 0 Å². The molecule has 8 aromatic rings. The molecule has 0 atom stereocenters. The molecule has 0 heterocycles. The minimum absolute atomic E-state index is 0.137. The number of benzene rings is 8. The van der Waals surface area contributed by atoms with Crippen LogP contribution in [0.1, 0.15) is 44.5 Å². The molecule has 0 saturated heterocycles. The molecule has 8 aromatic carbocycles. The Hall–Kier alpha value is -4.61. The van der Waals surface area contributed by atoms with Gasteiger partial charge in [0.15, 0.2) is 0 Å².